The first-order valence-electron chi connectivity index (χ1n) is 21.7. The predicted molar refractivity (Wildman–Crippen MR) is 271 cm³/mol. The maximum atomic E-state index is 2.50. The van der Waals surface area contributed by atoms with Crippen molar-refractivity contribution in [2.45, 2.75) is 0 Å². The molecule has 14 aromatic rings. The Morgan fingerprint density at radius 3 is 1.43 bits per heavy atom. The van der Waals surface area contributed by atoms with E-state index >= 15 is 0 Å². The minimum absolute atomic E-state index is 1.16. The molecule has 0 unspecified atom stereocenters. The molecule has 14 rings (SSSR count). The van der Waals surface area contributed by atoms with E-state index in [-0.39, 0.29) is 0 Å². The summed E-state index contributed by atoms with van der Waals surface area (Å²) in [6, 6.07) is 81.0. The molecule has 292 valence electrons. The molecule has 0 amide bonds. The number of nitrogens with zero attached hydrogens (tertiary/aromatic N) is 2. The lowest BCUT2D eigenvalue weighted by Crippen LogP contribution is -1.97. The molecule has 3 heteroatoms. The molecule has 0 saturated heterocycles. The summed E-state index contributed by atoms with van der Waals surface area (Å²) in [6.07, 6.45) is 0. The second kappa shape index (κ2) is 13.3. The zero-order valence-electron chi connectivity index (χ0n) is 34.1. The number of hydrogen-bond acceptors (Lipinski definition) is 1. The van der Waals surface area contributed by atoms with E-state index in [9.17, 15) is 0 Å². The highest BCUT2D eigenvalue weighted by Gasteiger charge is 2.21. The Morgan fingerprint density at radius 1 is 0.270 bits per heavy atom. The summed E-state index contributed by atoms with van der Waals surface area (Å²) < 4.78 is 7.53. The molecule has 0 aliphatic heterocycles. The average Bonchev–Trinajstić information content (AvgIpc) is 4.01. The minimum Gasteiger partial charge on any atom is -0.309 e. The molecule has 11 aromatic carbocycles. The number of thiophene rings is 1. The van der Waals surface area contributed by atoms with Crippen molar-refractivity contribution in [2.75, 3.05) is 0 Å². The van der Waals surface area contributed by atoms with Crippen molar-refractivity contribution < 1.29 is 0 Å². The van der Waals surface area contributed by atoms with Crippen LogP contribution in [0.5, 0.6) is 0 Å². The molecule has 0 radical (unpaired) electrons. The number of para-hydroxylation sites is 3. The Hall–Kier alpha value is -7.98. The first-order valence-corrected chi connectivity index (χ1v) is 22.5. The molecule has 0 spiro atoms. The van der Waals surface area contributed by atoms with Crippen LogP contribution >= 0.6 is 11.3 Å². The summed E-state index contributed by atoms with van der Waals surface area (Å²) in [6.45, 7) is 0. The van der Waals surface area contributed by atoms with Gasteiger partial charge in [-0.3, -0.25) is 0 Å². The first kappa shape index (κ1) is 34.7. The molecule has 0 atom stereocenters. The van der Waals surface area contributed by atoms with Crippen molar-refractivity contribution in [2.24, 2.45) is 0 Å². The van der Waals surface area contributed by atoms with Crippen molar-refractivity contribution in [3.63, 3.8) is 0 Å². The normalized spacial score (nSPS) is 12.1. The highest BCUT2D eigenvalue weighted by atomic mass is 32.1. The van der Waals surface area contributed by atoms with Crippen LogP contribution in [0.25, 0.3) is 130 Å². The van der Waals surface area contributed by atoms with Crippen molar-refractivity contribution in [3.8, 4) is 33.6 Å². The third kappa shape index (κ3) is 5.00. The number of rotatable bonds is 4. The SMILES string of the molecule is c1ccc(-n2c3ccccc3c3cc(-c4ccc5c(c4)c4ccccc4n5-c4cc(-c5cccc6c5sc5ccccc56)c5c6ccccc6c6ccccc6c5c4)ccc32)cc1. The maximum Gasteiger partial charge on any atom is 0.0541 e. The maximum absolute atomic E-state index is 2.50. The fourth-order valence-corrected chi connectivity index (χ4v) is 12.0. The van der Waals surface area contributed by atoms with E-state index in [1.807, 2.05) is 11.3 Å². The molecular weight excluding hydrogens is 781 g/mol. The zero-order valence-corrected chi connectivity index (χ0v) is 34.9. The lowest BCUT2D eigenvalue weighted by molar-refractivity contribution is 1.18. The van der Waals surface area contributed by atoms with Crippen LogP contribution in [0, 0.1) is 0 Å². The van der Waals surface area contributed by atoms with Crippen molar-refractivity contribution in [1.82, 2.24) is 9.13 Å². The third-order valence-electron chi connectivity index (χ3n) is 13.5. The third-order valence-corrected chi connectivity index (χ3v) is 14.7. The highest BCUT2D eigenvalue weighted by molar-refractivity contribution is 7.26. The molecule has 0 aliphatic rings. The smallest absolute Gasteiger partial charge is 0.0541 e. The summed E-state index contributed by atoms with van der Waals surface area (Å²) in [4.78, 5) is 0. The number of benzene rings is 11. The molecular formula is C60H36N2S. The molecule has 3 aromatic heterocycles. The first-order chi connectivity index (χ1) is 31.3. The largest absolute Gasteiger partial charge is 0.309 e. The van der Waals surface area contributed by atoms with Crippen molar-refractivity contribution in [1.29, 1.82) is 0 Å². The van der Waals surface area contributed by atoms with Crippen molar-refractivity contribution >= 4 is 107 Å². The monoisotopic (exact) mass is 816 g/mol. The van der Waals surface area contributed by atoms with Gasteiger partial charge in [0.2, 0.25) is 0 Å². The summed E-state index contributed by atoms with van der Waals surface area (Å²) in [5.74, 6) is 0. The highest BCUT2D eigenvalue weighted by Crippen LogP contribution is 2.47. The number of hydrogen-bond donors (Lipinski definition) is 0. The van der Waals surface area contributed by atoms with Crippen LogP contribution in [-0.2, 0) is 0 Å². The Kier molecular flexibility index (Phi) is 7.30. The summed E-state index contributed by atoms with van der Waals surface area (Å²) in [5, 5.41) is 15.3. The van der Waals surface area contributed by atoms with E-state index in [4.69, 9.17) is 0 Å². The molecule has 0 N–H and O–H groups in total. The van der Waals surface area contributed by atoms with Crippen LogP contribution in [0.3, 0.4) is 0 Å². The summed E-state index contributed by atoms with van der Waals surface area (Å²) >= 11 is 1.90. The van der Waals surface area contributed by atoms with E-state index < -0.39 is 0 Å². The minimum atomic E-state index is 1.16. The lowest BCUT2D eigenvalue weighted by Gasteiger charge is -2.18. The molecule has 0 aliphatic carbocycles. The van der Waals surface area contributed by atoms with Gasteiger partial charge in [-0.15, -0.1) is 11.3 Å². The van der Waals surface area contributed by atoms with Crippen LogP contribution in [0.15, 0.2) is 218 Å². The Labute approximate surface area is 366 Å². The molecule has 0 saturated carbocycles. The second-order valence-electron chi connectivity index (χ2n) is 16.8. The van der Waals surface area contributed by atoms with Crippen molar-refractivity contribution in [3.05, 3.63) is 218 Å². The molecule has 0 fully saturated rings. The van der Waals surface area contributed by atoms with Crippen LogP contribution in [0.1, 0.15) is 0 Å². The zero-order chi connectivity index (χ0) is 41.2. The van der Waals surface area contributed by atoms with Gasteiger partial charge in [0.1, 0.15) is 0 Å². The van der Waals surface area contributed by atoms with E-state index in [1.165, 1.54) is 124 Å². The Morgan fingerprint density at radius 2 is 0.762 bits per heavy atom. The summed E-state index contributed by atoms with van der Waals surface area (Å²) in [5.41, 5.74) is 12.1. The topological polar surface area (TPSA) is 9.86 Å². The molecule has 3 heterocycles. The predicted octanol–water partition coefficient (Wildman–Crippen LogP) is 17.0. The van der Waals surface area contributed by atoms with Gasteiger partial charge in [-0.05, 0) is 116 Å². The quantitative estimate of drug-likeness (QED) is 0.157. The van der Waals surface area contributed by atoms with E-state index in [0.717, 1.165) is 5.69 Å². The average molecular weight is 817 g/mol. The van der Waals surface area contributed by atoms with Gasteiger partial charge in [-0.25, -0.2) is 0 Å². The van der Waals surface area contributed by atoms with E-state index in [2.05, 4.69) is 228 Å². The Balaban J connectivity index is 1.04. The van der Waals surface area contributed by atoms with E-state index in [0.29, 0.717) is 0 Å². The fraction of sp³-hybridized carbons (Fsp3) is 0. The van der Waals surface area contributed by atoms with Crippen LogP contribution in [-0.4, -0.2) is 9.13 Å². The lowest BCUT2D eigenvalue weighted by atomic mass is 9.88. The molecule has 2 nitrogen and oxygen atoms in total. The van der Waals surface area contributed by atoms with Gasteiger partial charge in [0.25, 0.3) is 0 Å². The number of aromatic nitrogens is 2. The summed E-state index contributed by atoms with van der Waals surface area (Å²) in [7, 11) is 0. The van der Waals surface area contributed by atoms with Crippen LogP contribution in [0.4, 0.5) is 0 Å². The van der Waals surface area contributed by atoms with Gasteiger partial charge in [0, 0.05) is 58.7 Å². The standard InChI is InChI=1S/C60H36N2S/c1-2-15-39(16-3-1)61-54-26-11-8-20-44(54)50-33-37(29-31-56(50)61)38-30-32-57-51(34-38)45-21-9-12-27-55(45)62(57)40-35-52-43-19-5-4-17-41(43)42-18-6-7-23-47(42)59(52)53(36-40)49-25-14-24-48-46-22-10-13-28-58(46)63-60(48)49/h1-36H. The number of fused-ring (bicyclic) bond motifs is 15. The van der Waals surface area contributed by atoms with Gasteiger partial charge >= 0.3 is 0 Å². The molecule has 63 heavy (non-hydrogen) atoms. The van der Waals surface area contributed by atoms with Crippen LogP contribution in [0.2, 0.25) is 0 Å². The van der Waals surface area contributed by atoms with Gasteiger partial charge in [0.05, 0.1) is 22.1 Å². The molecule has 0 bridgehead atoms. The Bertz CT molecular complexity index is 4200. The van der Waals surface area contributed by atoms with Gasteiger partial charge < -0.3 is 9.13 Å². The van der Waals surface area contributed by atoms with E-state index in [1.54, 1.807) is 0 Å². The second-order valence-corrected chi connectivity index (χ2v) is 17.8. The van der Waals surface area contributed by atoms with Gasteiger partial charge in [0.15, 0.2) is 0 Å². The van der Waals surface area contributed by atoms with Gasteiger partial charge in [-0.1, -0.05) is 152 Å². The fourth-order valence-electron chi connectivity index (χ4n) is 10.8. The van der Waals surface area contributed by atoms with Gasteiger partial charge in [-0.2, -0.15) is 0 Å². The van der Waals surface area contributed by atoms with Crippen LogP contribution < -0.4 is 0 Å².